The van der Waals surface area contributed by atoms with Crippen LogP contribution in [0, 0.1) is 5.92 Å². The van der Waals surface area contributed by atoms with Crippen molar-refractivity contribution in [3.63, 3.8) is 0 Å². The second-order valence-electron chi connectivity index (χ2n) is 8.93. The summed E-state index contributed by atoms with van der Waals surface area (Å²) in [6.45, 7) is 8.02. The van der Waals surface area contributed by atoms with E-state index in [-0.39, 0.29) is 6.10 Å². The van der Waals surface area contributed by atoms with Gasteiger partial charge in [0, 0.05) is 37.0 Å². The standard InChI is InChI=1S/C27H34N2O2/c1-3-29(4-2)20-12-10-19(11-13-20)27-24-9-5-8-23(24)25-17-21(14-15-26(25)28-27)31-18-22-7-6-16-30-22/h5,8,10-15,17,22-24,27-28H,3-4,6-7,9,16,18H2,1-2H3. The third-order valence-corrected chi connectivity index (χ3v) is 7.17. The molecule has 0 spiro atoms. The second-order valence-corrected chi connectivity index (χ2v) is 8.93. The second kappa shape index (κ2) is 8.96. The van der Waals surface area contributed by atoms with Crippen LogP contribution in [-0.4, -0.2) is 32.4 Å². The summed E-state index contributed by atoms with van der Waals surface area (Å²) in [4.78, 5) is 2.39. The number of nitrogens with one attached hydrogen (secondary N) is 1. The number of hydrogen-bond donors (Lipinski definition) is 1. The summed E-state index contributed by atoms with van der Waals surface area (Å²) in [7, 11) is 0. The van der Waals surface area contributed by atoms with Gasteiger partial charge in [-0.3, -0.25) is 0 Å². The minimum Gasteiger partial charge on any atom is -0.491 e. The first-order valence-corrected chi connectivity index (χ1v) is 11.9. The Morgan fingerprint density at radius 1 is 1.10 bits per heavy atom. The Labute approximate surface area is 186 Å². The van der Waals surface area contributed by atoms with Crippen LogP contribution >= 0.6 is 0 Å². The van der Waals surface area contributed by atoms with E-state index in [2.05, 4.69) is 78.7 Å². The van der Waals surface area contributed by atoms with Gasteiger partial charge in [-0.25, -0.2) is 0 Å². The van der Waals surface area contributed by atoms with Gasteiger partial charge in [0.2, 0.25) is 0 Å². The lowest BCUT2D eigenvalue weighted by Gasteiger charge is -2.38. The van der Waals surface area contributed by atoms with E-state index in [0.29, 0.717) is 24.5 Å². The number of allylic oxidation sites excluding steroid dienone is 2. The van der Waals surface area contributed by atoms with Gasteiger partial charge < -0.3 is 19.7 Å². The van der Waals surface area contributed by atoms with E-state index in [4.69, 9.17) is 9.47 Å². The summed E-state index contributed by atoms with van der Waals surface area (Å²) in [6, 6.07) is 16.0. The molecule has 4 heteroatoms. The van der Waals surface area contributed by atoms with Gasteiger partial charge in [-0.15, -0.1) is 0 Å². The number of fused-ring (bicyclic) bond motifs is 3. The molecule has 2 heterocycles. The van der Waals surface area contributed by atoms with E-state index in [1.807, 2.05) is 0 Å². The molecule has 164 valence electrons. The van der Waals surface area contributed by atoms with Crippen molar-refractivity contribution in [2.24, 2.45) is 5.92 Å². The van der Waals surface area contributed by atoms with Gasteiger partial charge in [0.05, 0.1) is 12.1 Å². The van der Waals surface area contributed by atoms with Crippen LogP contribution in [0.15, 0.2) is 54.6 Å². The summed E-state index contributed by atoms with van der Waals surface area (Å²) in [5.41, 5.74) is 5.27. The highest BCUT2D eigenvalue weighted by Crippen LogP contribution is 2.50. The molecule has 1 fully saturated rings. The van der Waals surface area contributed by atoms with Crippen molar-refractivity contribution in [1.29, 1.82) is 0 Å². The third kappa shape index (κ3) is 4.06. The molecule has 31 heavy (non-hydrogen) atoms. The summed E-state index contributed by atoms with van der Waals surface area (Å²) >= 11 is 0. The SMILES string of the molecule is CCN(CC)c1ccc(C2Nc3ccc(OCC4CCCO4)cc3C3C=CCC32)cc1. The molecule has 3 aliphatic rings. The average Bonchev–Trinajstić information content (AvgIpc) is 3.51. The summed E-state index contributed by atoms with van der Waals surface area (Å²) in [5, 5.41) is 3.85. The van der Waals surface area contributed by atoms with Gasteiger partial charge in [0.15, 0.2) is 0 Å². The van der Waals surface area contributed by atoms with Crippen LogP contribution in [0.1, 0.15) is 56.2 Å². The van der Waals surface area contributed by atoms with E-state index in [9.17, 15) is 0 Å². The fourth-order valence-corrected chi connectivity index (χ4v) is 5.44. The van der Waals surface area contributed by atoms with Gasteiger partial charge in [0.1, 0.15) is 12.4 Å². The molecular formula is C27H34N2O2. The molecule has 0 saturated carbocycles. The zero-order valence-electron chi connectivity index (χ0n) is 18.7. The molecule has 0 radical (unpaired) electrons. The van der Waals surface area contributed by atoms with Crippen molar-refractivity contribution in [2.45, 2.75) is 51.2 Å². The van der Waals surface area contributed by atoms with Crippen LogP contribution in [0.5, 0.6) is 5.75 Å². The fourth-order valence-electron chi connectivity index (χ4n) is 5.44. The highest BCUT2D eigenvalue weighted by Gasteiger charge is 2.38. The van der Waals surface area contributed by atoms with Crippen molar-refractivity contribution < 1.29 is 9.47 Å². The predicted molar refractivity (Wildman–Crippen MR) is 127 cm³/mol. The Balaban J connectivity index is 1.35. The normalized spacial score (nSPS) is 26.3. The molecule has 2 aliphatic heterocycles. The average molecular weight is 419 g/mol. The molecule has 4 atom stereocenters. The van der Waals surface area contributed by atoms with Crippen molar-refractivity contribution in [2.75, 3.05) is 36.5 Å². The van der Waals surface area contributed by atoms with Crippen LogP contribution in [0.25, 0.3) is 0 Å². The number of benzene rings is 2. The molecule has 5 rings (SSSR count). The Morgan fingerprint density at radius 2 is 1.94 bits per heavy atom. The van der Waals surface area contributed by atoms with Crippen molar-refractivity contribution in [3.05, 3.63) is 65.7 Å². The van der Waals surface area contributed by atoms with Gasteiger partial charge in [0.25, 0.3) is 0 Å². The van der Waals surface area contributed by atoms with E-state index in [0.717, 1.165) is 44.7 Å². The van der Waals surface area contributed by atoms with Gasteiger partial charge in [-0.2, -0.15) is 0 Å². The van der Waals surface area contributed by atoms with Crippen molar-refractivity contribution in [3.8, 4) is 5.75 Å². The van der Waals surface area contributed by atoms with Crippen LogP contribution in [-0.2, 0) is 4.74 Å². The number of nitrogens with zero attached hydrogens (tertiary/aromatic N) is 1. The molecule has 0 amide bonds. The fraction of sp³-hybridized carbons (Fsp3) is 0.481. The maximum absolute atomic E-state index is 6.09. The van der Waals surface area contributed by atoms with Crippen molar-refractivity contribution >= 4 is 11.4 Å². The molecule has 4 nitrogen and oxygen atoms in total. The monoisotopic (exact) mass is 418 g/mol. The van der Waals surface area contributed by atoms with Crippen LogP contribution in [0.4, 0.5) is 11.4 Å². The highest BCUT2D eigenvalue weighted by molar-refractivity contribution is 5.62. The first kappa shape index (κ1) is 20.4. The van der Waals surface area contributed by atoms with Crippen LogP contribution in [0.2, 0.25) is 0 Å². The minimum atomic E-state index is 0.247. The lowest BCUT2D eigenvalue weighted by atomic mass is 9.77. The van der Waals surface area contributed by atoms with Crippen LogP contribution < -0.4 is 15.0 Å². The molecule has 4 unspecified atom stereocenters. The topological polar surface area (TPSA) is 33.7 Å². The zero-order chi connectivity index (χ0) is 21.2. The number of anilines is 2. The zero-order valence-corrected chi connectivity index (χ0v) is 18.7. The van der Waals surface area contributed by atoms with E-state index in [1.54, 1.807) is 0 Å². The van der Waals surface area contributed by atoms with Crippen LogP contribution in [0.3, 0.4) is 0 Å². The third-order valence-electron chi connectivity index (χ3n) is 7.17. The molecule has 1 aliphatic carbocycles. The molecule has 0 aromatic heterocycles. The maximum atomic E-state index is 6.09. The van der Waals surface area contributed by atoms with E-state index in [1.165, 1.54) is 22.5 Å². The Kier molecular flexibility index (Phi) is 5.91. The number of hydrogen-bond acceptors (Lipinski definition) is 4. The number of rotatable bonds is 7. The lowest BCUT2D eigenvalue weighted by molar-refractivity contribution is 0.0679. The Morgan fingerprint density at radius 3 is 2.68 bits per heavy atom. The Bertz CT molecular complexity index is 913. The quantitative estimate of drug-likeness (QED) is 0.566. The van der Waals surface area contributed by atoms with Crippen molar-refractivity contribution in [1.82, 2.24) is 0 Å². The first-order valence-electron chi connectivity index (χ1n) is 11.9. The molecular weight excluding hydrogens is 384 g/mol. The molecule has 1 N–H and O–H groups in total. The summed E-state index contributed by atoms with van der Waals surface area (Å²) < 4.78 is 11.8. The predicted octanol–water partition coefficient (Wildman–Crippen LogP) is 5.92. The van der Waals surface area contributed by atoms with E-state index < -0.39 is 0 Å². The van der Waals surface area contributed by atoms with Gasteiger partial charge in [-0.1, -0.05) is 24.3 Å². The summed E-state index contributed by atoms with van der Waals surface area (Å²) in [6.07, 6.45) is 8.36. The van der Waals surface area contributed by atoms with E-state index >= 15 is 0 Å². The molecule has 0 bridgehead atoms. The van der Waals surface area contributed by atoms with Gasteiger partial charge in [-0.05, 0) is 80.5 Å². The largest absolute Gasteiger partial charge is 0.491 e. The summed E-state index contributed by atoms with van der Waals surface area (Å²) in [5.74, 6) is 1.94. The number of ether oxygens (including phenoxy) is 2. The molecule has 1 saturated heterocycles. The molecule has 2 aromatic carbocycles. The molecule has 2 aromatic rings. The minimum absolute atomic E-state index is 0.247. The maximum Gasteiger partial charge on any atom is 0.119 e. The lowest BCUT2D eigenvalue weighted by Crippen LogP contribution is -2.29. The van der Waals surface area contributed by atoms with Gasteiger partial charge >= 0.3 is 0 Å². The Hall–Kier alpha value is -2.46. The highest BCUT2D eigenvalue weighted by atomic mass is 16.5. The first-order chi connectivity index (χ1) is 15.3. The smallest absolute Gasteiger partial charge is 0.119 e.